The smallest absolute Gasteiger partial charge is 0.220 e. The minimum Gasteiger partial charge on any atom is -0.493 e. The molecule has 1 aromatic rings. The van der Waals surface area contributed by atoms with Crippen LogP contribution in [0.3, 0.4) is 0 Å². The zero-order valence-corrected chi connectivity index (χ0v) is 9.19. The molecule has 0 aliphatic heterocycles. The van der Waals surface area contributed by atoms with Crippen molar-refractivity contribution in [3.8, 4) is 5.75 Å². The molecule has 15 heavy (non-hydrogen) atoms. The summed E-state index contributed by atoms with van der Waals surface area (Å²) in [4.78, 5) is 10.5. The van der Waals surface area contributed by atoms with E-state index in [9.17, 15) is 4.79 Å². The number of hydrogen-bond donors (Lipinski definition) is 1. The first-order chi connectivity index (χ1) is 7.09. The Morgan fingerprint density at radius 3 is 2.80 bits per heavy atom. The molecule has 0 heterocycles. The highest BCUT2D eigenvalue weighted by Gasteiger charge is 2.01. The summed E-state index contributed by atoms with van der Waals surface area (Å²) in [6.07, 6.45) is 0.256. The maximum absolute atomic E-state index is 10.5. The van der Waals surface area contributed by atoms with E-state index in [0.717, 1.165) is 5.75 Å². The summed E-state index contributed by atoms with van der Waals surface area (Å²) in [6, 6.07) is 7.89. The number of benzene rings is 1. The van der Waals surface area contributed by atoms with Gasteiger partial charge in [-0.2, -0.15) is 0 Å². The van der Waals surface area contributed by atoms with Gasteiger partial charge in [-0.05, 0) is 23.6 Å². The van der Waals surface area contributed by atoms with Gasteiger partial charge in [0.25, 0.3) is 0 Å². The van der Waals surface area contributed by atoms with Crippen molar-refractivity contribution in [2.45, 2.75) is 26.2 Å². The molecule has 82 valence electrons. The van der Waals surface area contributed by atoms with E-state index in [1.54, 1.807) is 0 Å². The topological polar surface area (TPSA) is 52.3 Å². The van der Waals surface area contributed by atoms with Crippen molar-refractivity contribution in [2.75, 3.05) is 6.61 Å². The summed E-state index contributed by atoms with van der Waals surface area (Å²) < 4.78 is 5.41. The van der Waals surface area contributed by atoms with Gasteiger partial charge in [-0.15, -0.1) is 0 Å². The lowest BCUT2D eigenvalue weighted by molar-refractivity contribution is -0.118. The van der Waals surface area contributed by atoms with Gasteiger partial charge in [0.15, 0.2) is 0 Å². The number of amides is 1. The molecule has 0 aromatic heterocycles. The van der Waals surface area contributed by atoms with Crippen LogP contribution in [-0.2, 0) is 4.79 Å². The van der Waals surface area contributed by atoms with Crippen LogP contribution in [0.25, 0.3) is 0 Å². The van der Waals surface area contributed by atoms with Crippen molar-refractivity contribution in [2.24, 2.45) is 5.73 Å². The first kappa shape index (κ1) is 11.6. The molecular formula is C12H17NO2. The fraction of sp³-hybridized carbons (Fsp3) is 0.417. The predicted molar refractivity (Wildman–Crippen MR) is 59.8 cm³/mol. The van der Waals surface area contributed by atoms with Gasteiger partial charge in [-0.3, -0.25) is 4.79 Å². The SMILES string of the molecule is CC(C)c1cccc(OCCC(N)=O)c1. The van der Waals surface area contributed by atoms with E-state index < -0.39 is 0 Å². The molecule has 3 heteroatoms. The normalized spacial score (nSPS) is 10.3. The Labute approximate surface area is 90.2 Å². The average molecular weight is 207 g/mol. The first-order valence-electron chi connectivity index (χ1n) is 5.10. The van der Waals surface area contributed by atoms with Crippen LogP contribution in [0.4, 0.5) is 0 Å². The van der Waals surface area contributed by atoms with Gasteiger partial charge in [0.1, 0.15) is 5.75 Å². The maximum Gasteiger partial charge on any atom is 0.220 e. The van der Waals surface area contributed by atoms with Crippen LogP contribution in [0.5, 0.6) is 5.75 Å². The molecule has 2 N–H and O–H groups in total. The Morgan fingerprint density at radius 1 is 1.47 bits per heavy atom. The highest BCUT2D eigenvalue weighted by Crippen LogP contribution is 2.19. The molecule has 1 rings (SSSR count). The molecule has 1 aromatic carbocycles. The minimum atomic E-state index is -0.338. The molecule has 0 spiro atoms. The average Bonchev–Trinajstić information content (AvgIpc) is 2.17. The van der Waals surface area contributed by atoms with Gasteiger partial charge >= 0.3 is 0 Å². The van der Waals surface area contributed by atoms with Gasteiger partial charge in [-0.1, -0.05) is 26.0 Å². The van der Waals surface area contributed by atoms with Gasteiger partial charge in [0.2, 0.25) is 5.91 Å². The second-order valence-electron chi connectivity index (χ2n) is 3.79. The monoisotopic (exact) mass is 207 g/mol. The summed E-state index contributed by atoms with van der Waals surface area (Å²) in [5.74, 6) is 0.933. The first-order valence-corrected chi connectivity index (χ1v) is 5.10. The third-order valence-corrected chi connectivity index (χ3v) is 2.14. The molecule has 1 amide bonds. The Balaban J connectivity index is 2.54. The van der Waals surface area contributed by atoms with E-state index in [0.29, 0.717) is 12.5 Å². The number of rotatable bonds is 5. The van der Waals surface area contributed by atoms with Crippen molar-refractivity contribution < 1.29 is 9.53 Å². The number of nitrogens with two attached hydrogens (primary N) is 1. The zero-order chi connectivity index (χ0) is 11.3. The summed E-state index contributed by atoms with van der Waals surface area (Å²) in [5, 5.41) is 0. The third kappa shape index (κ3) is 4.02. The van der Waals surface area contributed by atoms with Crippen LogP contribution in [0.2, 0.25) is 0 Å². The third-order valence-electron chi connectivity index (χ3n) is 2.14. The van der Waals surface area contributed by atoms with Gasteiger partial charge in [-0.25, -0.2) is 0 Å². The predicted octanol–water partition coefficient (Wildman–Crippen LogP) is 2.06. The van der Waals surface area contributed by atoms with E-state index in [4.69, 9.17) is 10.5 Å². The van der Waals surface area contributed by atoms with Crippen molar-refractivity contribution in [3.05, 3.63) is 29.8 Å². The van der Waals surface area contributed by atoms with E-state index in [2.05, 4.69) is 19.9 Å². The molecule has 0 saturated heterocycles. The second-order valence-corrected chi connectivity index (χ2v) is 3.79. The lowest BCUT2D eigenvalue weighted by Crippen LogP contribution is -2.14. The van der Waals surface area contributed by atoms with Crippen LogP contribution in [0.15, 0.2) is 24.3 Å². The van der Waals surface area contributed by atoms with Crippen LogP contribution < -0.4 is 10.5 Å². The number of hydrogen-bond acceptors (Lipinski definition) is 2. The fourth-order valence-electron chi connectivity index (χ4n) is 1.23. The molecule has 0 unspecified atom stereocenters. The van der Waals surface area contributed by atoms with Gasteiger partial charge < -0.3 is 10.5 Å². The number of carbonyl (C=O) groups excluding carboxylic acids is 1. The van der Waals surface area contributed by atoms with Crippen molar-refractivity contribution >= 4 is 5.91 Å². The zero-order valence-electron chi connectivity index (χ0n) is 9.19. The fourth-order valence-corrected chi connectivity index (χ4v) is 1.23. The van der Waals surface area contributed by atoms with Crippen LogP contribution in [0.1, 0.15) is 31.7 Å². The standard InChI is InChI=1S/C12H17NO2/c1-9(2)10-4-3-5-11(8-10)15-7-6-12(13)14/h3-5,8-9H,6-7H2,1-2H3,(H2,13,14). The Kier molecular flexibility index (Phi) is 4.16. The maximum atomic E-state index is 10.5. The van der Waals surface area contributed by atoms with E-state index >= 15 is 0 Å². The molecule has 0 saturated carbocycles. The van der Waals surface area contributed by atoms with Crippen molar-refractivity contribution in [1.82, 2.24) is 0 Å². The number of carbonyl (C=O) groups is 1. The van der Waals surface area contributed by atoms with E-state index in [1.807, 2.05) is 18.2 Å². The minimum absolute atomic E-state index is 0.256. The molecule has 0 aliphatic carbocycles. The molecule has 0 atom stereocenters. The Bertz CT molecular complexity index is 334. The molecular weight excluding hydrogens is 190 g/mol. The quantitative estimate of drug-likeness (QED) is 0.803. The van der Waals surface area contributed by atoms with Crippen molar-refractivity contribution in [1.29, 1.82) is 0 Å². The van der Waals surface area contributed by atoms with Crippen LogP contribution in [-0.4, -0.2) is 12.5 Å². The van der Waals surface area contributed by atoms with Crippen LogP contribution in [0, 0.1) is 0 Å². The second kappa shape index (κ2) is 5.39. The number of primary amides is 1. The molecule has 0 radical (unpaired) electrons. The Morgan fingerprint density at radius 2 is 2.20 bits per heavy atom. The van der Waals surface area contributed by atoms with E-state index in [1.165, 1.54) is 5.56 Å². The van der Waals surface area contributed by atoms with Crippen molar-refractivity contribution in [3.63, 3.8) is 0 Å². The lowest BCUT2D eigenvalue weighted by Gasteiger charge is -2.09. The highest BCUT2D eigenvalue weighted by atomic mass is 16.5. The molecule has 3 nitrogen and oxygen atoms in total. The molecule has 0 fully saturated rings. The molecule has 0 aliphatic rings. The van der Waals surface area contributed by atoms with E-state index in [-0.39, 0.29) is 12.3 Å². The summed E-state index contributed by atoms with van der Waals surface area (Å²) in [6.45, 7) is 4.60. The van der Waals surface area contributed by atoms with Gasteiger partial charge in [0.05, 0.1) is 13.0 Å². The largest absolute Gasteiger partial charge is 0.493 e. The summed E-state index contributed by atoms with van der Waals surface area (Å²) >= 11 is 0. The van der Waals surface area contributed by atoms with Gasteiger partial charge in [0, 0.05) is 0 Å². The summed E-state index contributed by atoms with van der Waals surface area (Å²) in [5.41, 5.74) is 6.24. The Hall–Kier alpha value is -1.51. The molecule has 0 bridgehead atoms. The number of ether oxygens (including phenoxy) is 1. The highest BCUT2D eigenvalue weighted by molar-refractivity contribution is 5.73. The van der Waals surface area contributed by atoms with Crippen LogP contribution >= 0.6 is 0 Å². The lowest BCUT2D eigenvalue weighted by atomic mass is 10.0. The summed E-state index contributed by atoms with van der Waals surface area (Å²) in [7, 11) is 0.